The van der Waals surface area contributed by atoms with Gasteiger partial charge < -0.3 is 5.32 Å². The van der Waals surface area contributed by atoms with Crippen molar-refractivity contribution in [2.75, 3.05) is 28.0 Å². The number of anilines is 3. The third-order valence-corrected chi connectivity index (χ3v) is 5.82. The second-order valence-corrected chi connectivity index (χ2v) is 7.66. The Morgan fingerprint density at radius 3 is 2.48 bits per heavy atom. The number of hydrogen-bond donors (Lipinski definition) is 1. The molecule has 25 heavy (non-hydrogen) atoms. The summed E-state index contributed by atoms with van der Waals surface area (Å²) in [7, 11) is -0.655. The zero-order chi connectivity index (χ0) is 18.4. The average Bonchev–Trinajstić information content (AvgIpc) is 2.71. The third kappa shape index (κ3) is 2.84. The second-order valence-electron chi connectivity index (χ2n) is 5.67. The summed E-state index contributed by atoms with van der Waals surface area (Å²) in [6.07, 6.45) is 1.42. The van der Waals surface area contributed by atoms with Gasteiger partial charge in [0.05, 0.1) is 11.4 Å². The predicted octanol–water partition coefficient (Wildman–Crippen LogP) is 0.321. The smallest absolute Gasteiger partial charge is 0.324 e. The molecule has 1 aliphatic heterocycles. The number of fused-ring (bicyclic) bond motifs is 1. The second kappa shape index (κ2) is 5.88. The number of nitrogens with zero attached hydrogens (tertiary/aromatic N) is 4. The van der Waals surface area contributed by atoms with Crippen molar-refractivity contribution in [2.24, 2.45) is 0 Å². The fourth-order valence-electron chi connectivity index (χ4n) is 2.58. The third-order valence-electron chi connectivity index (χ3n) is 4.04. The molecule has 1 aromatic heterocycles. The van der Waals surface area contributed by atoms with Crippen LogP contribution in [0.3, 0.4) is 0 Å². The molecule has 0 spiro atoms. The number of aryl methyl sites for hydroxylation is 1. The monoisotopic (exact) mass is 363 g/mol. The molecule has 0 atom stereocenters. The molecule has 9 nitrogen and oxygen atoms in total. The normalized spacial score (nSPS) is 15.2. The molecule has 0 fully saturated rings. The maximum Gasteiger partial charge on any atom is 0.326 e. The molecule has 2 heterocycles. The van der Waals surface area contributed by atoms with Crippen LogP contribution in [0.25, 0.3) is 0 Å². The van der Waals surface area contributed by atoms with Gasteiger partial charge in [-0.1, -0.05) is 0 Å². The molecule has 1 aromatic carbocycles. The van der Waals surface area contributed by atoms with Crippen molar-refractivity contribution in [3.8, 4) is 0 Å². The van der Waals surface area contributed by atoms with E-state index in [1.165, 1.54) is 36.7 Å². The highest BCUT2D eigenvalue weighted by molar-refractivity contribution is 7.94. The van der Waals surface area contributed by atoms with Gasteiger partial charge in [0.2, 0.25) is 5.91 Å². The first-order valence-electron chi connectivity index (χ1n) is 7.41. The van der Waals surface area contributed by atoms with Crippen molar-refractivity contribution in [1.82, 2.24) is 9.78 Å². The van der Waals surface area contributed by atoms with Crippen LogP contribution in [0.4, 0.5) is 17.1 Å². The van der Waals surface area contributed by atoms with E-state index < -0.39 is 16.1 Å². The standard InChI is InChI=1S/C15H17N5O4S/c1-10-7-12-13(19(3)25(23,24)18(12)2)8-11(10)17-14(21)9-20-15(22)5-4-6-16-20/h4-8H,9H2,1-3H3,(H,17,21). The lowest BCUT2D eigenvalue weighted by Gasteiger charge is -2.13. The Morgan fingerprint density at radius 1 is 1.20 bits per heavy atom. The summed E-state index contributed by atoms with van der Waals surface area (Å²) in [5, 5.41) is 6.53. The first-order chi connectivity index (χ1) is 11.7. The molecule has 132 valence electrons. The van der Waals surface area contributed by atoms with Gasteiger partial charge in [0, 0.05) is 32.0 Å². The van der Waals surface area contributed by atoms with Crippen molar-refractivity contribution in [2.45, 2.75) is 13.5 Å². The fraction of sp³-hybridized carbons (Fsp3) is 0.267. The number of carbonyl (C=O) groups excluding carboxylic acids is 1. The Kier molecular flexibility index (Phi) is 3.99. The van der Waals surface area contributed by atoms with E-state index in [0.717, 1.165) is 8.99 Å². The molecule has 1 N–H and O–H groups in total. The van der Waals surface area contributed by atoms with Crippen molar-refractivity contribution < 1.29 is 13.2 Å². The Labute approximate surface area is 144 Å². The van der Waals surface area contributed by atoms with Crippen LogP contribution in [0.5, 0.6) is 0 Å². The first-order valence-corrected chi connectivity index (χ1v) is 8.81. The van der Waals surface area contributed by atoms with Crippen LogP contribution in [0.1, 0.15) is 5.56 Å². The highest BCUT2D eigenvalue weighted by Crippen LogP contribution is 2.41. The maximum absolute atomic E-state index is 12.2. The predicted molar refractivity (Wildman–Crippen MR) is 94.0 cm³/mol. The van der Waals surface area contributed by atoms with Gasteiger partial charge in [0.15, 0.2) is 0 Å². The van der Waals surface area contributed by atoms with Crippen LogP contribution in [0.15, 0.2) is 35.3 Å². The summed E-state index contributed by atoms with van der Waals surface area (Å²) in [6, 6.07) is 6.11. The molecule has 1 aliphatic rings. The minimum Gasteiger partial charge on any atom is -0.324 e. The van der Waals surface area contributed by atoms with Crippen molar-refractivity contribution in [3.05, 3.63) is 46.4 Å². The molecule has 0 bridgehead atoms. The molecule has 1 amide bonds. The molecule has 0 radical (unpaired) electrons. The summed E-state index contributed by atoms with van der Waals surface area (Å²) < 4.78 is 27.8. The van der Waals surface area contributed by atoms with E-state index >= 15 is 0 Å². The van der Waals surface area contributed by atoms with E-state index in [4.69, 9.17) is 0 Å². The molecule has 0 unspecified atom stereocenters. The summed E-state index contributed by atoms with van der Waals surface area (Å²) in [5.74, 6) is -0.430. The van der Waals surface area contributed by atoms with Crippen LogP contribution >= 0.6 is 0 Å². The number of rotatable bonds is 3. The summed E-state index contributed by atoms with van der Waals surface area (Å²) >= 11 is 0. The zero-order valence-electron chi connectivity index (χ0n) is 13.9. The lowest BCUT2D eigenvalue weighted by atomic mass is 10.1. The van der Waals surface area contributed by atoms with Gasteiger partial charge in [-0.15, -0.1) is 0 Å². The van der Waals surface area contributed by atoms with Gasteiger partial charge >= 0.3 is 10.2 Å². The van der Waals surface area contributed by atoms with Gasteiger partial charge in [-0.3, -0.25) is 18.2 Å². The van der Waals surface area contributed by atoms with Crippen molar-refractivity contribution in [3.63, 3.8) is 0 Å². The summed E-state index contributed by atoms with van der Waals surface area (Å²) in [5.41, 5.74) is 1.82. The van der Waals surface area contributed by atoms with Crippen LogP contribution in [0.2, 0.25) is 0 Å². The molecule has 3 rings (SSSR count). The zero-order valence-corrected chi connectivity index (χ0v) is 14.7. The van der Waals surface area contributed by atoms with Crippen LogP contribution in [0, 0.1) is 6.92 Å². The molecule has 0 aliphatic carbocycles. The summed E-state index contributed by atoms with van der Waals surface area (Å²) in [6.45, 7) is 1.53. The van der Waals surface area contributed by atoms with Gasteiger partial charge in [0.1, 0.15) is 6.54 Å². The van der Waals surface area contributed by atoms with Gasteiger partial charge in [-0.05, 0) is 30.7 Å². The van der Waals surface area contributed by atoms with Crippen molar-refractivity contribution in [1.29, 1.82) is 0 Å². The maximum atomic E-state index is 12.2. The summed E-state index contributed by atoms with van der Waals surface area (Å²) in [4.78, 5) is 23.8. The highest BCUT2D eigenvalue weighted by atomic mass is 32.2. The van der Waals surface area contributed by atoms with E-state index in [1.54, 1.807) is 19.1 Å². The SMILES string of the molecule is Cc1cc2c(cc1NC(=O)Cn1ncccc1=O)N(C)S(=O)(=O)N2C. The van der Waals surface area contributed by atoms with E-state index in [1.807, 2.05) is 0 Å². The van der Waals surface area contributed by atoms with Gasteiger partial charge in [-0.25, -0.2) is 4.68 Å². The van der Waals surface area contributed by atoms with Gasteiger partial charge in [0.25, 0.3) is 5.56 Å². The van der Waals surface area contributed by atoms with E-state index in [9.17, 15) is 18.0 Å². The Bertz CT molecular complexity index is 1010. The lowest BCUT2D eigenvalue weighted by Crippen LogP contribution is -2.32. The number of benzene rings is 1. The molecule has 0 saturated carbocycles. The van der Waals surface area contributed by atoms with E-state index in [-0.39, 0.29) is 12.1 Å². The highest BCUT2D eigenvalue weighted by Gasteiger charge is 2.36. The lowest BCUT2D eigenvalue weighted by molar-refractivity contribution is -0.117. The quantitative estimate of drug-likeness (QED) is 0.846. The minimum absolute atomic E-state index is 0.232. The number of nitrogens with one attached hydrogen (secondary N) is 1. The number of carbonyl (C=O) groups is 1. The van der Waals surface area contributed by atoms with Crippen molar-refractivity contribution >= 4 is 33.2 Å². The molecular formula is C15H17N5O4S. The van der Waals surface area contributed by atoms with Gasteiger partial charge in [-0.2, -0.15) is 13.5 Å². The topological polar surface area (TPSA) is 105 Å². The first kappa shape index (κ1) is 17.0. The van der Waals surface area contributed by atoms with Crippen LogP contribution in [-0.2, 0) is 21.5 Å². The fourth-order valence-corrected chi connectivity index (χ4v) is 3.74. The largest absolute Gasteiger partial charge is 0.326 e. The Morgan fingerprint density at radius 2 is 1.84 bits per heavy atom. The number of hydrogen-bond acceptors (Lipinski definition) is 5. The molecule has 10 heteroatoms. The van der Waals surface area contributed by atoms with Crippen LogP contribution < -0.4 is 19.5 Å². The number of aromatic nitrogens is 2. The number of amides is 1. The Balaban J connectivity index is 1.88. The van der Waals surface area contributed by atoms with E-state index in [0.29, 0.717) is 22.6 Å². The molecule has 0 saturated heterocycles. The Hall–Kier alpha value is -2.88. The molecular weight excluding hydrogens is 346 g/mol. The van der Waals surface area contributed by atoms with E-state index in [2.05, 4.69) is 10.4 Å². The van der Waals surface area contributed by atoms with Crippen LogP contribution in [-0.4, -0.2) is 38.2 Å². The average molecular weight is 363 g/mol. The minimum atomic E-state index is -3.58. The molecule has 2 aromatic rings.